The normalized spacial score (nSPS) is 13.7. The number of anilines is 5. The summed E-state index contributed by atoms with van der Waals surface area (Å²) < 4.78 is 25.5. The number of rotatable bonds is 8. The lowest BCUT2D eigenvalue weighted by Gasteiger charge is -2.35. The van der Waals surface area contributed by atoms with Crippen LogP contribution in [0.4, 0.5) is 37.9 Å². The highest BCUT2D eigenvalue weighted by atomic mass is 35.5. The standard InChI is InChI=1S/C26H30Cl2FN7O3/c1-5-35-8-10-36(11-9-35)16-6-7-18(17(29)12-16)32-21-14-22(31-15-30-21)34(2)26(37)33-25-23(27)19(38-3)13-20(39-4)24(25)28/h6-7,12-15H,5,8-11H2,1-4H3,(H,33,37)(H,30,31,32). The summed E-state index contributed by atoms with van der Waals surface area (Å²) in [6.45, 7) is 6.76. The Labute approximate surface area is 236 Å². The molecule has 39 heavy (non-hydrogen) atoms. The van der Waals surface area contributed by atoms with Crippen LogP contribution >= 0.6 is 23.2 Å². The van der Waals surface area contributed by atoms with Crippen molar-refractivity contribution in [2.24, 2.45) is 0 Å². The van der Waals surface area contributed by atoms with Gasteiger partial charge in [0.2, 0.25) is 0 Å². The fourth-order valence-corrected chi connectivity index (χ4v) is 4.75. The molecule has 2 amide bonds. The molecule has 0 bridgehead atoms. The number of benzene rings is 2. The number of hydrogen-bond donors (Lipinski definition) is 2. The van der Waals surface area contributed by atoms with E-state index in [9.17, 15) is 9.18 Å². The van der Waals surface area contributed by atoms with E-state index >= 15 is 0 Å². The number of nitrogens with zero attached hydrogens (tertiary/aromatic N) is 5. The summed E-state index contributed by atoms with van der Waals surface area (Å²) in [4.78, 5) is 27.1. The average molecular weight is 578 g/mol. The smallest absolute Gasteiger partial charge is 0.327 e. The second-order valence-corrected chi connectivity index (χ2v) is 9.50. The first-order valence-electron chi connectivity index (χ1n) is 12.3. The van der Waals surface area contributed by atoms with Crippen LogP contribution in [-0.2, 0) is 0 Å². The molecular formula is C26H30Cl2FN7O3. The van der Waals surface area contributed by atoms with Crippen LogP contribution in [0, 0.1) is 5.82 Å². The first-order chi connectivity index (χ1) is 18.7. The van der Waals surface area contributed by atoms with Gasteiger partial charge in [0, 0.05) is 51.0 Å². The monoisotopic (exact) mass is 577 g/mol. The molecule has 0 spiro atoms. The molecule has 0 aliphatic carbocycles. The molecule has 1 saturated heterocycles. The zero-order valence-corrected chi connectivity index (χ0v) is 23.6. The third kappa shape index (κ3) is 6.38. The predicted molar refractivity (Wildman–Crippen MR) is 153 cm³/mol. The van der Waals surface area contributed by atoms with Crippen molar-refractivity contribution in [1.29, 1.82) is 0 Å². The van der Waals surface area contributed by atoms with Crippen molar-refractivity contribution in [3.8, 4) is 11.5 Å². The van der Waals surface area contributed by atoms with E-state index in [1.54, 1.807) is 6.07 Å². The summed E-state index contributed by atoms with van der Waals surface area (Å²) in [5.41, 5.74) is 1.21. The largest absolute Gasteiger partial charge is 0.495 e. The summed E-state index contributed by atoms with van der Waals surface area (Å²) in [5.74, 6) is 0.703. The van der Waals surface area contributed by atoms with E-state index in [0.717, 1.165) is 38.4 Å². The van der Waals surface area contributed by atoms with Crippen molar-refractivity contribution in [3.63, 3.8) is 0 Å². The fourth-order valence-electron chi connectivity index (χ4n) is 4.15. The molecule has 1 aliphatic heterocycles. The number of aromatic nitrogens is 2. The highest BCUT2D eigenvalue weighted by Crippen LogP contribution is 2.44. The maximum atomic E-state index is 15.0. The van der Waals surface area contributed by atoms with Crippen LogP contribution in [0.15, 0.2) is 36.7 Å². The molecule has 4 rings (SSSR count). The summed E-state index contributed by atoms with van der Waals surface area (Å²) in [6.07, 6.45) is 1.27. The summed E-state index contributed by atoms with van der Waals surface area (Å²) in [7, 11) is 4.38. The van der Waals surface area contributed by atoms with Gasteiger partial charge in [-0.3, -0.25) is 4.90 Å². The number of nitrogens with one attached hydrogen (secondary N) is 2. The SMILES string of the molecule is CCN1CCN(c2ccc(Nc3cc(N(C)C(=O)Nc4c(Cl)c(OC)cc(OC)c4Cl)ncn3)c(F)c2)CC1. The molecule has 3 aromatic rings. The molecule has 208 valence electrons. The molecule has 1 aliphatic rings. The molecule has 1 aromatic heterocycles. The number of halogens is 3. The van der Waals surface area contributed by atoms with Crippen LogP contribution in [0.25, 0.3) is 0 Å². The van der Waals surface area contributed by atoms with Crippen molar-refractivity contribution >= 4 is 57.9 Å². The molecule has 2 N–H and O–H groups in total. The quantitative estimate of drug-likeness (QED) is 0.362. The van der Waals surface area contributed by atoms with Gasteiger partial charge in [0.25, 0.3) is 0 Å². The number of piperazine rings is 1. The molecule has 0 unspecified atom stereocenters. The van der Waals surface area contributed by atoms with Gasteiger partial charge in [-0.2, -0.15) is 0 Å². The van der Waals surface area contributed by atoms with Crippen LogP contribution in [0.2, 0.25) is 10.0 Å². The van der Waals surface area contributed by atoms with Crippen LogP contribution in [-0.4, -0.2) is 74.9 Å². The second kappa shape index (κ2) is 12.5. The summed E-state index contributed by atoms with van der Waals surface area (Å²) in [6, 6.07) is 7.52. The van der Waals surface area contributed by atoms with Crippen molar-refractivity contribution in [2.75, 3.05) is 74.4 Å². The molecule has 2 aromatic carbocycles. The minimum Gasteiger partial charge on any atom is -0.495 e. The van der Waals surface area contributed by atoms with Crippen molar-refractivity contribution in [3.05, 3.63) is 52.5 Å². The Balaban J connectivity index is 1.47. The third-order valence-corrected chi connectivity index (χ3v) is 7.26. The lowest BCUT2D eigenvalue weighted by atomic mass is 10.2. The van der Waals surface area contributed by atoms with Crippen molar-refractivity contribution < 1.29 is 18.7 Å². The Hall–Kier alpha value is -3.54. The summed E-state index contributed by atoms with van der Waals surface area (Å²) in [5, 5.41) is 5.85. The Morgan fingerprint density at radius 3 is 2.31 bits per heavy atom. The number of carbonyl (C=O) groups excluding carboxylic acids is 1. The Morgan fingerprint density at radius 2 is 1.72 bits per heavy atom. The molecule has 0 radical (unpaired) electrons. The van der Waals surface area contributed by atoms with Crippen LogP contribution in [0.3, 0.4) is 0 Å². The number of hydrogen-bond acceptors (Lipinski definition) is 8. The van der Waals surface area contributed by atoms with Gasteiger partial charge in [0.1, 0.15) is 45.3 Å². The van der Waals surface area contributed by atoms with E-state index in [1.807, 2.05) is 6.07 Å². The predicted octanol–water partition coefficient (Wildman–Crippen LogP) is 5.49. The lowest BCUT2D eigenvalue weighted by Crippen LogP contribution is -2.46. The molecule has 13 heteroatoms. The van der Waals surface area contributed by atoms with Gasteiger partial charge < -0.3 is 29.9 Å². The molecule has 2 heterocycles. The maximum absolute atomic E-state index is 15.0. The van der Waals surface area contributed by atoms with Gasteiger partial charge in [0.05, 0.1) is 25.6 Å². The van der Waals surface area contributed by atoms with Gasteiger partial charge in [-0.25, -0.2) is 19.2 Å². The molecular weight excluding hydrogens is 548 g/mol. The van der Waals surface area contributed by atoms with Crippen molar-refractivity contribution in [1.82, 2.24) is 14.9 Å². The van der Waals surface area contributed by atoms with Gasteiger partial charge in [0.15, 0.2) is 0 Å². The Morgan fingerprint density at radius 1 is 1.05 bits per heavy atom. The first-order valence-corrected chi connectivity index (χ1v) is 13.0. The summed E-state index contributed by atoms with van der Waals surface area (Å²) >= 11 is 12.7. The van der Waals surface area contributed by atoms with Gasteiger partial charge in [-0.05, 0) is 24.7 Å². The van der Waals surface area contributed by atoms with Gasteiger partial charge in [-0.1, -0.05) is 30.1 Å². The lowest BCUT2D eigenvalue weighted by molar-refractivity contribution is 0.258. The third-order valence-electron chi connectivity index (χ3n) is 6.51. The number of amides is 2. The van der Waals surface area contributed by atoms with Crippen molar-refractivity contribution in [2.45, 2.75) is 6.92 Å². The second-order valence-electron chi connectivity index (χ2n) is 8.75. The van der Waals surface area contributed by atoms with E-state index in [2.05, 4.69) is 37.3 Å². The topological polar surface area (TPSA) is 95.1 Å². The highest BCUT2D eigenvalue weighted by Gasteiger charge is 2.22. The highest BCUT2D eigenvalue weighted by molar-refractivity contribution is 6.41. The number of carbonyl (C=O) groups is 1. The molecule has 0 saturated carbocycles. The molecule has 10 nitrogen and oxygen atoms in total. The van der Waals surface area contributed by atoms with E-state index in [0.29, 0.717) is 5.82 Å². The van der Waals surface area contributed by atoms with Crippen LogP contribution in [0.1, 0.15) is 6.92 Å². The Bertz CT molecular complexity index is 1310. The van der Waals surface area contributed by atoms with Crippen LogP contribution in [0.5, 0.6) is 11.5 Å². The van der Waals surface area contributed by atoms with Gasteiger partial charge in [-0.15, -0.1) is 0 Å². The molecule has 0 atom stereocenters. The average Bonchev–Trinajstić information content (AvgIpc) is 2.96. The molecule has 1 fully saturated rings. The number of urea groups is 1. The number of ether oxygens (including phenoxy) is 2. The Kier molecular flexibility index (Phi) is 9.16. The van der Waals surface area contributed by atoms with Gasteiger partial charge >= 0.3 is 6.03 Å². The van der Waals surface area contributed by atoms with E-state index in [1.165, 1.54) is 50.7 Å². The zero-order chi connectivity index (χ0) is 28.1. The maximum Gasteiger partial charge on any atom is 0.327 e. The number of likely N-dealkylation sites (N-methyl/N-ethyl adjacent to an activating group) is 1. The minimum atomic E-state index is -0.586. The number of methoxy groups -OCH3 is 2. The van der Waals surface area contributed by atoms with Crippen LogP contribution < -0.4 is 29.9 Å². The van der Waals surface area contributed by atoms with E-state index < -0.39 is 11.8 Å². The minimum absolute atomic E-state index is 0.112. The van der Waals surface area contributed by atoms with E-state index in [-0.39, 0.29) is 38.7 Å². The zero-order valence-electron chi connectivity index (χ0n) is 22.1. The van der Waals surface area contributed by atoms with E-state index in [4.69, 9.17) is 32.7 Å². The first kappa shape index (κ1) is 28.5. The fraction of sp³-hybridized carbons (Fsp3) is 0.346.